The summed E-state index contributed by atoms with van der Waals surface area (Å²) in [7, 11) is 0. The van der Waals surface area contributed by atoms with Gasteiger partial charge in [0.05, 0.1) is 12.2 Å². The Hall–Kier alpha value is -2.34. The van der Waals surface area contributed by atoms with Crippen molar-refractivity contribution in [2.45, 2.75) is 12.8 Å². The standard InChI is InChI=1S/C15H12F3NO2/c16-15(17,18)12-6-4-11(5-7-12)14(21)19-13-3-1-2-10(8-13)9-20/h1-8,20H,9H2,(H,19,21). The van der Waals surface area contributed by atoms with Crippen LogP contribution in [-0.2, 0) is 12.8 Å². The van der Waals surface area contributed by atoms with Gasteiger partial charge in [0.15, 0.2) is 0 Å². The lowest BCUT2D eigenvalue weighted by Crippen LogP contribution is -2.13. The summed E-state index contributed by atoms with van der Waals surface area (Å²) in [5.74, 6) is -0.515. The smallest absolute Gasteiger partial charge is 0.392 e. The molecule has 1 amide bonds. The molecule has 0 heterocycles. The van der Waals surface area contributed by atoms with E-state index in [0.717, 1.165) is 24.3 Å². The average molecular weight is 295 g/mol. The molecule has 2 aromatic rings. The number of anilines is 1. The van der Waals surface area contributed by atoms with Gasteiger partial charge in [0.1, 0.15) is 0 Å². The number of hydrogen-bond donors (Lipinski definition) is 2. The van der Waals surface area contributed by atoms with Gasteiger partial charge in [-0.15, -0.1) is 0 Å². The van der Waals surface area contributed by atoms with Crippen LogP contribution in [0.5, 0.6) is 0 Å². The van der Waals surface area contributed by atoms with Gasteiger partial charge >= 0.3 is 6.18 Å². The van der Waals surface area contributed by atoms with E-state index in [1.54, 1.807) is 24.3 Å². The van der Waals surface area contributed by atoms with E-state index in [2.05, 4.69) is 5.32 Å². The van der Waals surface area contributed by atoms with E-state index in [1.165, 1.54) is 0 Å². The van der Waals surface area contributed by atoms with Crippen LogP contribution in [0.15, 0.2) is 48.5 Å². The highest BCUT2D eigenvalue weighted by Gasteiger charge is 2.30. The van der Waals surface area contributed by atoms with Crippen LogP contribution >= 0.6 is 0 Å². The fourth-order valence-corrected chi connectivity index (χ4v) is 1.76. The summed E-state index contributed by atoms with van der Waals surface area (Å²) in [4.78, 5) is 11.9. The molecule has 2 rings (SSSR count). The first-order chi connectivity index (χ1) is 9.90. The zero-order valence-electron chi connectivity index (χ0n) is 10.8. The SMILES string of the molecule is O=C(Nc1cccc(CO)c1)c1ccc(C(F)(F)F)cc1. The average Bonchev–Trinajstić information content (AvgIpc) is 2.46. The summed E-state index contributed by atoms with van der Waals surface area (Å²) in [6.07, 6.45) is -4.43. The molecule has 110 valence electrons. The van der Waals surface area contributed by atoms with Crippen LogP contribution < -0.4 is 5.32 Å². The minimum Gasteiger partial charge on any atom is -0.392 e. The molecule has 0 aliphatic heterocycles. The summed E-state index contributed by atoms with van der Waals surface area (Å²) >= 11 is 0. The highest BCUT2D eigenvalue weighted by Crippen LogP contribution is 2.29. The van der Waals surface area contributed by atoms with Gasteiger partial charge in [0.25, 0.3) is 5.91 Å². The molecule has 3 nitrogen and oxygen atoms in total. The fourth-order valence-electron chi connectivity index (χ4n) is 1.76. The van der Waals surface area contributed by atoms with Gasteiger partial charge in [-0.05, 0) is 42.0 Å². The molecule has 0 atom stereocenters. The summed E-state index contributed by atoms with van der Waals surface area (Å²) in [5, 5.41) is 11.6. The Morgan fingerprint density at radius 2 is 1.76 bits per heavy atom. The first-order valence-electron chi connectivity index (χ1n) is 6.08. The Morgan fingerprint density at radius 3 is 2.33 bits per heavy atom. The van der Waals surface area contributed by atoms with Crippen LogP contribution in [0.25, 0.3) is 0 Å². The summed E-state index contributed by atoms with van der Waals surface area (Å²) in [6, 6.07) is 10.5. The van der Waals surface area contributed by atoms with E-state index in [-0.39, 0.29) is 12.2 Å². The summed E-state index contributed by atoms with van der Waals surface area (Å²) in [5.41, 5.74) is 0.408. The second kappa shape index (κ2) is 5.97. The second-order valence-electron chi connectivity index (χ2n) is 4.39. The van der Waals surface area contributed by atoms with Crippen LogP contribution in [-0.4, -0.2) is 11.0 Å². The quantitative estimate of drug-likeness (QED) is 0.911. The minimum atomic E-state index is -4.43. The lowest BCUT2D eigenvalue weighted by molar-refractivity contribution is -0.137. The van der Waals surface area contributed by atoms with Gasteiger partial charge in [-0.25, -0.2) is 0 Å². The van der Waals surface area contributed by atoms with Crippen LogP contribution in [0.2, 0.25) is 0 Å². The van der Waals surface area contributed by atoms with Crippen LogP contribution in [0, 0.1) is 0 Å². The van der Waals surface area contributed by atoms with Gasteiger partial charge in [0, 0.05) is 11.3 Å². The van der Waals surface area contributed by atoms with Crippen LogP contribution in [0.3, 0.4) is 0 Å². The van der Waals surface area contributed by atoms with Crippen molar-refractivity contribution in [3.63, 3.8) is 0 Å². The monoisotopic (exact) mass is 295 g/mol. The number of alkyl halides is 3. The molecule has 0 unspecified atom stereocenters. The van der Waals surface area contributed by atoms with Crippen LogP contribution in [0.4, 0.5) is 18.9 Å². The lowest BCUT2D eigenvalue weighted by Gasteiger charge is -2.09. The fraction of sp³-hybridized carbons (Fsp3) is 0.133. The maximum absolute atomic E-state index is 12.4. The predicted molar refractivity (Wildman–Crippen MR) is 71.8 cm³/mol. The molecule has 21 heavy (non-hydrogen) atoms. The number of hydrogen-bond acceptors (Lipinski definition) is 2. The van der Waals surface area contributed by atoms with E-state index in [1.807, 2.05) is 0 Å². The Kier molecular flexibility index (Phi) is 4.28. The molecule has 0 saturated carbocycles. The largest absolute Gasteiger partial charge is 0.416 e. The number of amides is 1. The molecule has 6 heteroatoms. The molecule has 0 spiro atoms. The summed E-state index contributed by atoms with van der Waals surface area (Å²) < 4.78 is 37.3. The third kappa shape index (κ3) is 3.82. The van der Waals surface area contributed by atoms with Gasteiger partial charge in [-0.1, -0.05) is 12.1 Å². The highest BCUT2D eigenvalue weighted by molar-refractivity contribution is 6.04. The van der Waals surface area contributed by atoms with Gasteiger partial charge in [-0.2, -0.15) is 13.2 Å². The molecule has 0 saturated heterocycles. The van der Waals surface area contributed by atoms with Gasteiger partial charge in [0.2, 0.25) is 0 Å². The first-order valence-corrected chi connectivity index (χ1v) is 6.08. The number of nitrogens with one attached hydrogen (secondary N) is 1. The van der Waals surface area contributed by atoms with Gasteiger partial charge in [-0.3, -0.25) is 4.79 Å². The Labute approximate surface area is 119 Å². The lowest BCUT2D eigenvalue weighted by atomic mass is 10.1. The maximum atomic E-state index is 12.4. The van der Waals surface area contributed by atoms with Crippen LogP contribution in [0.1, 0.15) is 21.5 Å². The summed E-state index contributed by atoms with van der Waals surface area (Å²) in [6.45, 7) is -0.163. The molecule has 0 radical (unpaired) electrons. The van der Waals surface area contributed by atoms with E-state index in [9.17, 15) is 18.0 Å². The van der Waals surface area contributed by atoms with Crippen molar-refractivity contribution in [1.82, 2.24) is 0 Å². The topological polar surface area (TPSA) is 49.3 Å². The van der Waals surface area contributed by atoms with E-state index < -0.39 is 17.6 Å². The normalized spacial score (nSPS) is 11.2. The highest BCUT2D eigenvalue weighted by atomic mass is 19.4. The number of rotatable bonds is 3. The van der Waals surface area contributed by atoms with Crippen molar-refractivity contribution in [3.05, 3.63) is 65.2 Å². The molecule has 0 aliphatic rings. The zero-order chi connectivity index (χ0) is 15.5. The molecule has 2 N–H and O–H groups in total. The van der Waals surface area contributed by atoms with Gasteiger partial charge < -0.3 is 10.4 Å². The zero-order valence-corrected chi connectivity index (χ0v) is 10.8. The Balaban J connectivity index is 2.13. The first kappa shape index (κ1) is 15.1. The second-order valence-corrected chi connectivity index (χ2v) is 4.39. The van der Waals surface area contributed by atoms with E-state index in [4.69, 9.17) is 5.11 Å². The van der Waals surface area contributed by atoms with Crippen molar-refractivity contribution in [3.8, 4) is 0 Å². The van der Waals surface area contributed by atoms with Crippen molar-refractivity contribution in [2.24, 2.45) is 0 Å². The molecular formula is C15H12F3NO2. The number of halogens is 3. The predicted octanol–water partition coefficient (Wildman–Crippen LogP) is 3.45. The maximum Gasteiger partial charge on any atom is 0.416 e. The molecular weight excluding hydrogens is 283 g/mol. The molecule has 0 fully saturated rings. The Morgan fingerprint density at radius 1 is 1.10 bits per heavy atom. The molecule has 0 aromatic heterocycles. The van der Waals surface area contributed by atoms with Crippen molar-refractivity contribution in [2.75, 3.05) is 5.32 Å². The molecule has 2 aromatic carbocycles. The third-order valence-corrected chi connectivity index (χ3v) is 2.84. The number of carbonyl (C=O) groups excluding carboxylic acids is 1. The number of carbonyl (C=O) groups is 1. The number of benzene rings is 2. The van der Waals surface area contributed by atoms with Crippen molar-refractivity contribution in [1.29, 1.82) is 0 Å². The van der Waals surface area contributed by atoms with Crippen molar-refractivity contribution < 1.29 is 23.1 Å². The Bertz CT molecular complexity index is 636. The van der Waals surface area contributed by atoms with E-state index >= 15 is 0 Å². The van der Waals surface area contributed by atoms with Crippen molar-refractivity contribution >= 4 is 11.6 Å². The third-order valence-electron chi connectivity index (χ3n) is 2.84. The number of aliphatic hydroxyl groups excluding tert-OH is 1. The molecule has 0 aliphatic carbocycles. The molecule has 0 bridgehead atoms. The van der Waals surface area contributed by atoms with E-state index in [0.29, 0.717) is 11.3 Å². The minimum absolute atomic E-state index is 0.123. The number of aliphatic hydroxyl groups is 1.